The van der Waals surface area contributed by atoms with Crippen molar-refractivity contribution in [3.8, 4) is 0 Å². The molecule has 168 valence electrons. The molecule has 0 spiro atoms. The van der Waals surface area contributed by atoms with Crippen LogP contribution in [0.25, 0.3) is 0 Å². The fourth-order valence-corrected chi connectivity index (χ4v) is 7.16. The highest BCUT2D eigenvalue weighted by molar-refractivity contribution is 6.60. The second-order valence-corrected chi connectivity index (χ2v) is 13.8. The lowest BCUT2D eigenvalue weighted by molar-refractivity contribution is -0.117. The van der Waals surface area contributed by atoms with Crippen LogP contribution in [-0.4, -0.2) is 66.1 Å². The van der Waals surface area contributed by atoms with Crippen molar-refractivity contribution in [1.29, 1.82) is 0 Å². The van der Waals surface area contributed by atoms with Crippen LogP contribution in [0.2, 0.25) is 12.1 Å². The predicted octanol–water partition coefficient (Wildman–Crippen LogP) is 4.07. The second-order valence-electron chi connectivity index (χ2n) is 7.66. The van der Waals surface area contributed by atoms with E-state index in [1.54, 1.807) is 49.6 Å². The summed E-state index contributed by atoms with van der Waals surface area (Å²) in [6, 6.07) is 1.57. The highest BCUT2D eigenvalue weighted by atomic mass is 28.4. The van der Waals surface area contributed by atoms with Crippen molar-refractivity contribution in [2.24, 2.45) is 5.41 Å². The SMILES string of the molecule is CO[Si](CCCC(C)(CCCC(C)=O)CCC[Si](OC)(OC)OC)(OC)OC. The molecule has 7 nitrogen and oxygen atoms in total. The molecule has 0 rings (SSSR count). The maximum absolute atomic E-state index is 11.4. The van der Waals surface area contributed by atoms with Crippen molar-refractivity contribution in [2.45, 2.75) is 70.9 Å². The Morgan fingerprint density at radius 2 is 1.00 bits per heavy atom. The molecule has 0 aliphatic carbocycles. The van der Waals surface area contributed by atoms with Gasteiger partial charge in [0.2, 0.25) is 0 Å². The fourth-order valence-electron chi connectivity index (χ4n) is 3.71. The van der Waals surface area contributed by atoms with Gasteiger partial charge in [-0.05, 0) is 50.9 Å². The summed E-state index contributed by atoms with van der Waals surface area (Å²) < 4.78 is 33.2. The molecule has 0 saturated heterocycles. The van der Waals surface area contributed by atoms with Gasteiger partial charge in [-0.15, -0.1) is 0 Å². The normalized spacial score (nSPS) is 13.1. The molecule has 0 bridgehead atoms. The lowest BCUT2D eigenvalue weighted by Gasteiger charge is -2.33. The third-order valence-electron chi connectivity index (χ3n) is 5.70. The number of hydrogen-bond donors (Lipinski definition) is 0. The monoisotopic (exact) mass is 438 g/mol. The van der Waals surface area contributed by atoms with Crippen molar-refractivity contribution < 1.29 is 31.4 Å². The summed E-state index contributed by atoms with van der Waals surface area (Å²) >= 11 is 0. The van der Waals surface area contributed by atoms with Gasteiger partial charge in [0.15, 0.2) is 0 Å². The highest BCUT2D eigenvalue weighted by Crippen LogP contribution is 2.38. The third kappa shape index (κ3) is 9.58. The molecule has 0 aromatic rings. The fraction of sp³-hybridized carbons (Fsp3) is 0.947. The van der Waals surface area contributed by atoms with Gasteiger partial charge in [-0.1, -0.05) is 6.92 Å². The van der Waals surface area contributed by atoms with Crippen molar-refractivity contribution in [2.75, 3.05) is 42.7 Å². The first kappa shape index (κ1) is 27.9. The van der Waals surface area contributed by atoms with Crippen LogP contribution < -0.4 is 0 Å². The summed E-state index contributed by atoms with van der Waals surface area (Å²) in [6.07, 6.45) is 6.52. The van der Waals surface area contributed by atoms with E-state index in [1.165, 1.54) is 0 Å². The average molecular weight is 439 g/mol. The van der Waals surface area contributed by atoms with E-state index in [0.717, 1.165) is 50.6 Å². The molecule has 0 aliphatic heterocycles. The van der Waals surface area contributed by atoms with Gasteiger partial charge in [-0.2, -0.15) is 0 Å². The first-order valence-electron chi connectivity index (χ1n) is 10.00. The Bertz CT molecular complexity index is 384. The van der Waals surface area contributed by atoms with Crippen molar-refractivity contribution in [3.05, 3.63) is 0 Å². The number of Topliss-reactive ketones (excluding diaryl/α,β-unsaturated/α-hetero) is 1. The Morgan fingerprint density at radius 3 is 1.29 bits per heavy atom. The Labute approximate surface area is 174 Å². The van der Waals surface area contributed by atoms with Crippen LogP contribution in [-0.2, 0) is 31.4 Å². The van der Waals surface area contributed by atoms with Gasteiger partial charge in [0, 0.05) is 61.2 Å². The van der Waals surface area contributed by atoms with Gasteiger partial charge in [0.05, 0.1) is 0 Å². The maximum atomic E-state index is 11.4. The second kappa shape index (κ2) is 14.0. The highest BCUT2D eigenvalue weighted by Gasteiger charge is 2.39. The molecule has 0 heterocycles. The zero-order valence-corrected chi connectivity index (χ0v) is 21.2. The summed E-state index contributed by atoms with van der Waals surface area (Å²) in [6.45, 7) is 3.96. The van der Waals surface area contributed by atoms with Crippen molar-refractivity contribution in [3.63, 3.8) is 0 Å². The van der Waals surface area contributed by atoms with Crippen LogP contribution in [0.5, 0.6) is 0 Å². The summed E-state index contributed by atoms with van der Waals surface area (Å²) in [4.78, 5) is 11.4. The quantitative estimate of drug-likeness (QED) is 0.299. The molecule has 0 unspecified atom stereocenters. The minimum atomic E-state index is -2.55. The summed E-state index contributed by atoms with van der Waals surface area (Å²) in [5.41, 5.74) is 0.125. The number of carbonyl (C=O) groups excluding carboxylic acids is 1. The summed E-state index contributed by atoms with van der Waals surface area (Å²) in [5, 5.41) is 0. The lowest BCUT2D eigenvalue weighted by atomic mass is 9.77. The maximum Gasteiger partial charge on any atom is 0.500 e. The molecule has 0 aliphatic rings. The van der Waals surface area contributed by atoms with Gasteiger partial charge >= 0.3 is 17.6 Å². The van der Waals surface area contributed by atoms with Crippen LogP contribution in [0.4, 0.5) is 0 Å². The zero-order chi connectivity index (χ0) is 21.7. The van der Waals surface area contributed by atoms with Gasteiger partial charge in [-0.3, -0.25) is 0 Å². The number of carbonyl (C=O) groups is 1. The minimum absolute atomic E-state index is 0.125. The molecule has 0 fully saturated rings. The van der Waals surface area contributed by atoms with Gasteiger partial charge in [0.25, 0.3) is 0 Å². The third-order valence-corrected chi connectivity index (χ3v) is 11.4. The molecular weight excluding hydrogens is 396 g/mol. The summed E-state index contributed by atoms with van der Waals surface area (Å²) in [5.74, 6) is 0.247. The molecule has 0 aromatic carbocycles. The van der Waals surface area contributed by atoms with Crippen LogP contribution in [0.1, 0.15) is 58.8 Å². The van der Waals surface area contributed by atoms with E-state index in [9.17, 15) is 4.79 Å². The Morgan fingerprint density at radius 1 is 0.679 bits per heavy atom. The molecule has 0 N–H and O–H groups in total. The molecule has 9 heteroatoms. The molecule has 0 saturated carbocycles. The van der Waals surface area contributed by atoms with E-state index in [1.807, 2.05) is 0 Å². The molecule has 0 atom stereocenters. The first-order valence-corrected chi connectivity index (χ1v) is 13.9. The number of rotatable bonds is 18. The van der Waals surface area contributed by atoms with Gasteiger partial charge in [0.1, 0.15) is 5.78 Å². The number of hydrogen-bond acceptors (Lipinski definition) is 7. The Kier molecular flexibility index (Phi) is 13.9. The Balaban J connectivity index is 4.89. The lowest BCUT2D eigenvalue weighted by Crippen LogP contribution is -2.43. The standard InChI is InChI=1S/C19H42O7Si2/c1-18(20)12-9-13-19(2,14-10-16-27(21-3,22-4)23-5)15-11-17-28(24-6,25-7)26-8/h9-17H2,1-8H3. The average Bonchev–Trinajstić information content (AvgIpc) is 2.69. The molecule has 0 radical (unpaired) electrons. The molecule has 0 amide bonds. The van der Waals surface area contributed by atoms with E-state index in [2.05, 4.69) is 6.92 Å². The minimum Gasteiger partial charge on any atom is -0.377 e. The first-order chi connectivity index (χ1) is 13.2. The van der Waals surface area contributed by atoms with Crippen LogP contribution in [0.3, 0.4) is 0 Å². The van der Waals surface area contributed by atoms with Crippen molar-refractivity contribution >= 4 is 23.4 Å². The molecule has 28 heavy (non-hydrogen) atoms. The van der Waals surface area contributed by atoms with E-state index >= 15 is 0 Å². The molecule has 0 aromatic heterocycles. The van der Waals surface area contributed by atoms with E-state index in [0.29, 0.717) is 6.42 Å². The van der Waals surface area contributed by atoms with Crippen LogP contribution in [0, 0.1) is 5.41 Å². The molecular formula is C19H42O7Si2. The van der Waals surface area contributed by atoms with E-state index < -0.39 is 17.6 Å². The van der Waals surface area contributed by atoms with E-state index in [4.69, 9.17) is 26.6 Å². The predicted molar refractivity (Wildman–Crippen MR) is 114 cm³/mol. The smallest absolute Gasteiger partial charge is 0.377 e. The Hall–Kier alpha value is -0.136. The van der Waals surface area contributed by atoms with Gasteiger partial charge < -0.3 is 31.4 Å². The van der Waals surface area contributed by atoms with Crippen LogP contribution >= 0.6 is 0 Å². The van der Waals surface area contributed by atoms with Crippen LogP contribution in [0.15, 0.2) is 0 Å². The van der Waals surface area contributed by atoms with Gasteiger partial charge in [-0.25, -0.2) is 0 Å². The largest absolute Gasteiger partial charge is 0.500 e. The number of ketones is 1. The summed E-state index contributed by atoms with van der Waals surface area (Å²) in [7, 11) is 4.79. The topological polar surface area (TPSA) is 72.5 Å². The van der Waals surface area contributed by atoms with E-state index in [-0.39, 0.29) is 11.2 Å². The zero-order valence-electron chi connectivity index (χ0n) is 19.2. The van der Waals surface area contributed by atoms with Crippen molar-refractivity contribution in [1.82, 2.24) is 0 Å².